The predicted molar refractivity (Wildman–Crippen MR) is 80.7 cm³/mol. The third-order valence-electron chi connectivity index (χ3n) is 2.23. The molecule has 0 saturated carbocycles. The lowest BCUT2D eigenvalue weighted by Gasteiger charge is -2.11. The van der Waals surface area contributed by atoms with Gasteiger partial charge in [0, 0.05) is 0 Å². The van der Waals surface area contributed by atoms with E-state index in [-0.39, 0.29) is 36.2 Å². The molecule has 120 valence electrons. The monoisotopic (exact) mass is 298 g/mol. The molecule has 0 aliphatic rings. The Morgan fingerprint density at radius 3 is 1.43 bits per heavy atom. The second-order valence-corrected chi connectivity index (χ2v) is 5.68. The van der Waals surface area contributed by atoms with Crippen LogP contribution in [0.5, 0.6) is 0 Å². The van der Waals surface area contributed by atoms with Crippen LogP contribution >= 0.6 is 0 Å². The lowest BCUT2D eigenvalue weighted by atomic mass is 10.2. The number of hydrogen-bond acceptors (Lipinski definition) is 5. The molecule has 0 aromatic rings. The van der Waals surface area contributed by atoms with Crippen LogP contribution in [0.25, 0.3) is 0 Å². The molecular formula is C16H26O5. The molecule has 0 spiro atoms. The Kier molecular flexibility index (Phi) is 9.37. The van der Waals surface area contributed by atoms with Crippen LogP contribution in [0.15, 0.2) is 24.3 Å². The van der Waals surface area contributed by atoms with Gasteiger partial charge in [0.2, 0.25) is 0 Å². The van der Waals surface area contributed by atoms with E-state index in [0.29, 0.717) is 13.2 Å². The molecule has 0 aliphatic carbocycles. The normalized spacial score (nSPS) is 10.6. The van der Waals surface area contributed by atoms with Crippen LogP contribution in [0.1, 0.15) is 27.7 Å². The SMILES string of the molecule is C=C(COCC(=C)C(=O)OCC(C)C)C(=O)OCC(C)C. The maximum absolute atomic E-state index is 11.5. The fourth-order valence-corrected chi connectivity index (χ4v) is 1.10. The van der Waals surface area contributed by atoms with Gasteiger partial charge in [0.15, 0.2) is 0 Å². The molecule has 0 aliphatic heterocycles. The minimum absolute atomic E-state index is 0.00654. The third-order valence-corrected chi connectivity index (χ3v) is 2.23. The molecule has 0 radical (unpaired) electrons. The van der Waals surface area contributed by atoms with E-state index in [9.17, 15) is 9.59 Å². The Bertz CT molecular complexity index is 346. The highest BCUT2D eigenvalue weighted by Gasteiger charge is 2.12. The summed E-state index contributed by atoms with van der Waals surface area (Å²) in [6.45, 7) is 15.6. The Hall–Kier alpha value is -1.62. The minimum Gasteiger partial charge on any atom is -0.462 e. The van der Waals surface area contributed by atoms with Gasteiger partial charge in [-0.05, 0) is 11.8 Å². The molecule has 0 amide bonds. The summed E-state index contributed by atoms with van der Waals surface area (Å²) in [5.74, 6) is -0.454. The van der Waals surface area contributed by atoms with Crippen molar-refractivity contribution in [3.63, 3.8) is 0 Å². The van der Waals surface area contributed by atoms with Crippen molar-refractivity contribution in [1.29, 1.82) is 0 Å². The van der Waals surface area contributed by atoms with Crippen molar-refractivity contribution in [2.45, 2.75) is 27.7 Å². The molecule has 0 N–H and O–H groups in total. The van der Waals surface area contributed by atoms with Gasteiger partial charge < -0.3 is 14.2 Å². The summed E-state index contributed by atoms with van der Waals surface area (Å²) >= 11 is 0. The summed E-state index contributed by atoms with van der Waals surface area (Å²) in [6, 6.07) is 0. The van der Waals surface area contributed by atoms with E-state index in [1.807, 2.05) is 27.7 Å². The van der Waals surface area contributed by atoms with Crippen LogP contribution in [-0.4, -0.2) is 38.4 Å². The first-order valence-electron chi connectivity index (χ1n) is 7.01. The standard InChI is InChI=1S/C16H26O5/c1-11(2)7-20-15(17)13(5)9-19-10-14(6)16(18)21-8-12(3)4/h11-12H,5-10H2,1-4H3. The summed E-state index contributed by atoms with van der Waals surface area (Å²) in [7, 11) is 0. The van der Waals surface area contributed by atoms with Gasteiger partial charge in [-0.2, -0.15) is 0 Å². The zero-order valence-corrected chi connectivity index (χ0v) is 13.4. The van der Waals surface area contributed by atoms with Crippen LogP contribution in [0, 0.1) is 11.8 Å². The van der Waals surface area contributed by atoms with Gasteiger partial charge in [-0.3, -0.25) is 0 Å². The fourth-order valence-electron chi connectivity index (χ4n) is 1.10. The molecule has 0 atom stereocenters. The molecule has 5 nitrogen and oxygen atoms in total. The fraction of sp³-hybridized carbons (Fsp3) is 0.625. The number of carbonyl (C=O) groups excluding carboxylic acids is 2. The van der Waals surface area contributed by atoms with Gasteiger partial charge in [-0.25, -0.2) is 9.59 Å². The number of ether oxygens (including phenoxy) is 3. The molecule has 0 aromatic carbocycles. The first-order valence-corrected chi connectivity index (χ1v) is 7.01. The maximum atomic E-state index is 11.5. The molecule has 0 saturated heterocycles. The Labute approximate surface area is 126 Å². The number of carbonyl (C=O) groups is 2. The van der Waals surface area contributed by atoms with Crippen molar-refractivity contribution < 1.29 is 23.8 Å². The lowest BCUT2D eigenvalue weighted by molar-refractivity contribution is -0.140. The summed E-state index contributed by atoms with van der Waals surface area (Å²) in [4.78, 5) is 23.0. The van der Waals surface area contributed by atoms with Crippen molar-refractivity contribution >= 4 is 11.9 Å². The van der Waals surface area contributed by atoms with Gasteiger partial charge in [0.25, 0.3) is 0 Å². The molecule has 0 fully saturated rings. The summed E-state index contributed by atoms with van der Waals surface area (Å²) in [6.07, 6.45) is 0. The molecule has 0 aromatic heterocycles. The van der Waals surface area contributed by atoms with Crippen LogP contribution in [0.4, 0.5) is 0 Å². The summed E-state index contributed by atoms with van der Waals surface area (Å²) in [5, 5.41) is 0. The molecule has 5 heteroatoms. The van der Waals surface area contributed by atoms with E-state index in [4.69, 9.17) is 14.2 Å². The van der Waals surface area contributed by atoms with Gasteiger partial charge >= 0.3 is 11.9 Å². The molecular weight excluding hydrogens is 272 g/mol. The van der Waals surface area contributed by atoms with E-state index in [1.54, 1.807) is 0 Å². The second-order valence-electron chi connectivity index (χ2n) is 5.68. The summed E-state index contributed by atoms with van der Waals surface area (Å²) < 4.78 is 15.2. The summed E-state index contributed by atoms with van der Waals surface area (Å²) in [5.41, 5.74) is 0.415. The van der Waals surface area contributed by atoms with Gasteiger partial charge in [0.05, 0.1) is 37.6 Å². The smallest absolute Gasteiger partial charge is 0.335 e. The zero-order chi connectivity index (χ0) is 16.4. The minimum atomic E-state index is -0.489. The van der Waals surface area contributed by atoms with Gasteiger partial charge in [-0.1, -0.05) is 40.9 Å². The second kappa shape index (κ2) is 10.2. The molecule has 0 bridgehead atoms. The maximum Gasteiger partial charge on any atom is 0.335 e. The average Bonchev–Trinajstić information content (AvgIpc) is 2.41. The van der Waals surface area contributed by atoms with Crippen LogP contribution in [-0.2, 0) is 23.8 Å². The molecule has 0 heterocycles. The van der Waals surface area contributed by atoms with Crippen molar-refractivity contribution in [1.82, 2.24) is 0 Å². The van der Waals surface area contributed by atoms with Crippen LogP contribution < -0.4 is 0 Å². The Balaban J connectivity index is 3.91. The molecule has 0 unspecified atom stereocenters. The predicted octanol–water partition coefficient (Wildman–Crippen LogP) is 2.51. The molecule has 21 heavy (non-hydrogen) atoms. The third kappa shape index (κ3) is 9.85. The highest BCUT2D eigenvalue weighted by atomic mass is 16.5. The quantitative estimate of drug-likeness (QED) is 0.458. The van der Waals surface area contributed by atoms with Crippen LogP contribution in [0.2, 0.25) is 0 Å². The highest BCUT2D eigenvalue weighted by Crippen LogP contribution is 2.03. The largest absolute Gasteiger partial charge is 0.462 e. The first-order chi connectivity index (χ1) is 9.73. The van der Waals surface area contributed by atoms with E-state index in [1.165, 1.54) is 0 Å². The Morgan fingerprint density at radius 1 is 0.810 bits per heavy atom. The number of esters is 2. The van der Waals surface area contributed by atoms with Crippen LogP contribution in [0.3, 0.4) is 0 Å². The molecule has 0 rings (SSSR count). The van der Waals surface area contributed by atoms with E-state index in [2.05, 4.69) is 13.2 Å². The first kappa shape index (κ1) is 19.4. The number of hydrogen-bond donors (Lipinski definition) is 0. The van der Waals surface area contributed by atoms with Crippen molar-refractivity contribution in [3.8, 4) is 0 Å². The van der Waals surface area contributed by atoms with Gasteiger partial charge in [-0.15, -0.1) is 0 Å². The topological polar surface area (TPSA) is 61.8 Å². The zero-order valence-electron chi connectivity index (χ0n) is 13.4. The van der Waals surface area contributed by atoms with Gasteiger partial charge in [0.1, 0.15) is 0 Å². The average molecular weight is 298 g/mol. The van der Waals surface area contributed by atoms with E-state index < -0.39 is 11.9 Å². The Morgan fingerprint density at radius 2 is 1.14 bits per heavy atom. The highest BCUT2D eigenvalue weighted by molar-refractivity contribution is 5.88. The van der Waals surface area contributed by atoms with E-state index >= 15 is 0 Å². The van der Waals surface area contributed by atoms with E-state index in [0.717, 1.165) is 0 Å². The number of rotatable bonds is 10. The van der Waals surface area contributed by atoms with Crippen molar-refractivity contribution in [2.75, 3.05) is 26.4 Å². The van der Waals surface area contributed by atoms with Crippen molar-refractivity contribution in [2.24, 2.45) is 11.8 Å². The van der Waals surface area contributed by atoms with Crippen molar-refractivity contribution in [3.05, 3.63) is 24.3 Å². The lowest BCUT2D eigenvalue weighted by Crippen LogP contribution is -2.18.